The van der Waals surface area contributed by atoms with Crippen molar-refractivity contribution >= 4 is 11.9 Å². The van der Waals surface area contributed by atoms with Gasteiger partial charge in [0.2, 0.25) is 0 Å². The van der Waals surface area contributed by atoms with Gasteiger partial charge in [-0.2, -0.15) is 0 Å². The molecule has 5 nitrogen and oxygen atoms in total. The molecule has 2 aliphatic rings. The number of rotatable bonds is 4. The molecule has 1 aliphatic carbocycles. The zero-order valence-corrected chi connectivity index (χ0v) is 11.8. The van der Waals surface area contributed by atoms with E-state index in [1.54, 1.807) is 0 Å². The third kappa shape index (κ3) is 2.21. The number of nitrogens with one attached hydrogen (secondary N) is 1. The van der Waals surface area contributed by atoms with Gasteiger partial charge in [-0.15, -0.1) is 0 Å². The largest absolute Gasteiger partial charge is 0.480 e. The molecule has 1 atom stereocenters. The van der Waals surface area contributed by atoms with E-state index in [4.69, 9.17) is 4.74 Å². The SMILES string of the molecule is O=C(O)C1(C(=O)OCc2ccccc2)CC12CCNCC2. The Labute approximate surface area is 123 Å². The van der Waals surface area contributed by atoms with Crippen LogP contribution in [0, 0.1) is 10.8 Å². The number of carbonyl (C=O) groups is 2. The summed E-state index contributed by atoms with van der Waals surface area (Å²) >= 11 is 0. The highest BCUT2D eigenvalue weighted by Gasteiger charge is 2.77. The molecule has 2 fully saturated rings. The van der Waals surface area contributed by atoms with Crippen molar-refractivity contribution in [3.63, 3.8) is 0 Å². The van der Waals surface area contributed by atoms with Gasteiger partial charge in [0.25, 0.3) is 0 Å². The smallest absolute Gasteiger partial charge is 0.324 e. The van der Waals surface area contributed by atoms with Gasteiger partial charge in [-0.25, -0.2) is 0 Å². The minimum absolute atomic E-state index is 0.128. The number of hydrogen-bond acceptors (Lipinski definition) is 4. The second kappa shape index (κ2) is 5.15. The minimum Gasteiger partial charge on any atom is -0.480 e. The normalized spacial score (nSPS) is 26.3. The van der Waals surface area contributed by atoms with Gasteiger partial charge < -0.3 is 15.2 Å². The summed E-state index contributed by atoms with van der Waals surface area (Å²) in [6.07, 6.45) is 1.85. The highest BCUT2D eigenvalue weighted by Crippen LogP contribution is 2.69. The molecule has 1 aromatic carbocycles. The van der Waals surface area contributed by atoms with Crippen LogP contribution in [0.25, 0.3) is 0 Å². The van der Waals surface area contributed by atoms with E-state index in [-0.39, 0.29) is 6.61 Å². The molecule has 0 aromatic heterocycles. The van der Waals surface area contributed by atoms with Crippen molar-refractivity contribution in [1.29, 1.82) is 0 Å². The Hall–Kier alpha value is -1.88. The molecule has 5 heteroatoms. The summed E-state index contributed by atoms with van der Waals surface area (Å²) in [5, 5.41) is 12.8. The molecule has 1 heterocycles. The molecule has 21 heavy (non-hydrogen) atoms. The quantitative estimate of drug-likeness (QED) is 0.650. The van der Waals surface area contributed by atoms with E-state index in [0.29, 0.717) is 6.42 Å². The van der Waals surface area contributed by atoms with E-state index < -0.39 is 22.8 Å². The molecule has 0 bridgehead atoms. The summed E-state index contributed by atoms with van der Waals surface area (Å²) in [4.78, 5) is 24.1. The average Bonchev–Trinajstić information content (AvgIpc) is 3.15. The number of hydrogen-bond donors (Lipinski definition) is 2. The van der Waals surface area contributed by atoms with Crippen LogP contribution < -0.4 is 5.32 Å². The maximum absolute atomic E-state index is 12.4. The molecule has 1 saturated carbocycles. The first-order valence-electron chi connectivity index (χ1n) is 7.26. The molecule has 1 aromatic rings. The lowest BCUT2D eigenvalue weighted by atomic mass is 9.84. The Morgan fingerprint density at radius 1 is 1.19 bits per heavy atom. The summed E-state index contributed by atoms with van der Waals surface area (Å²) in [5.41, 5.74) is -0.867. The molecule has 0 radical (unpaired) electrons. The van der Waals surface area contributed by atoms with Crippen LogP contribution in [0.1, 0.15) is 24.8 Å². The van der Waals surface area contributed by atoms with E-state index in [1.807, 2.05) is 30.3 Å². The van der Waals surface area contributed by atoms with Crippen molar-refractivity contribution in [1.82, 2.24) is 5.32 Å². The molecular weight excluding hydrogens is 270 g/mol. The molecule has 1 spiro atoms. The summed E-state index contributed by atoms with van der Waals surface area (Å²) in [5.74, 6) is -1.62. The molecule has 1 saturated heterocycles. The predicted molar refractivity (Wildman–Crippen MR) is 75.5 cm³/mol. The predicted octanol–water partition coefficient (Wildman–Crippen LogP) is 1.57. The number of esters is 1. The Balaban J connectivity index is 1.71. The van der Waals surface area contributed by atoms with Crippen molar-refractivity contribution in [2.24, 2.45) is 10.8 Å². The zero-order chi connectivity index (χ0) is 14.9. The van der Waals surface area contributed by atoms with Crippen LogP contribution in [0.3, 0.4) is 0 Å². The van der Waals surface area contributed by atoms with Crippen molar-refractivity contribution in [2.75, 3.05) is 13.1 Å². The molecule has 1 unspecified atom stereocenters. The van der Waals surface area contributed by atoms with Crippen LogP contribution in [-0.4, -0.2) is 30.1 Å². The van der Waals surface area contributed by atoms with Gasteiger partial charge in [-0.1, -0.05) is 30.3 Å². The lowest BCUT2D eigenvalue weighted by molar-refractivity contribution is -0.164. The van der Waals surface area contributed by atoms with E-state index >= 15 is 0 Å². The van der Waals surface area contributed by atoms with Gasteiger partial charge in [0, 0.05) is 5.41 Å². The van der Waals surface area contributed by atoms with E-state index in [1.165, 1.54) is 0 Å². The average molecular weight is 289 g/mol. The van der Waals surface area contributed by atoms with Crippen molar-refractivity contribution < 1.29 is 19.4 Å². The van der Waals surface area contributed by atoms with Gasteiger partial charge in [0.1, 0.15) is 6.61 Å². The Morgan fingerprint density at radius 2 is 1.86 bits per heavy atom. The number of benzene rings is 1. The van der Waals surface area contributed by atoms with Crippen LogP contribution in [0.2, 0.25) is 0 Å². The monoisotopic (exact) mass is 289 g/mol. The number of carboxylic acids is 1. The van der Waals surface area contributed by atoms with Crippen molar-refractivity contribution in [2.45, 2.75) is 25.9 Å². The van der Waals surface area contributed by atoms with Crippen LogP contribution in [0.15, 0.2) is 30.3 Å². The molecule has 0 amide bonds. The first-order valence-corrected chi connectivity index (χ1v) is 7.26. The maximum atomic E-state index is 12.4. The summed E-state index contributed by atoms with van der Waals surface area (Å²) in [6, 6.07) is 9.32. The second-order valence-electron chi connectivity index (χ2n) is 5.98. The third-order valence-electron chi connectivity index (χ3n) is 4.87. The van der Waals surface area contributed by atoms with Crippen LogP contribution in [-0.2, 0) is 20.9 Å². The zero-order valence-electron chi connectivity index (χ0n) is 11.8. The van der Waals surface area contributed by atoms with Crippen LogP contribution in [0.5, 0.6) is 0 Å². The van der Waals surface area contributed by atoms with E-state index in [2.05, 4.69) is 5.32 Å². The Bertz CT molecular complexity index is 551. The molecule has 112 valence electrons. The molecule has 1 aliphatic heterocycles. The fraction of sp³-hybridized carbons (Fsp3) is 0.500. The van der Waals surface area contributed by atoms with Gasteiger partial charge in [-0.05, 0) is 37.9 Å². The van der Waals surface area contributed by atoms with Gasteiger partial charge in [0.15, 0.2) is 5.41 Å². The standard InChI is InChI=1S/C16H19NO4/c18-13(19)16(11-15(16)6-8-17-9-7-15)14(20)21-10-12-4-2-1-3-5-12/h1-5,17H,6-11H2,(H,18,19). The highest BCUT2D eigenvalue weighted by atomic mass is 16.5. The lowest BCUT2D eigenvalue weighted by Crippen LogP contribution is -2.39. The van der Waals surface area contributed by atoms with Crippen LogP contribution in [0.4, 0.5) is 0 Å². The minimum atomic E-state index is -1.33. The molecule has 2 N–H and O–H groups in total. The van der Waals surface area contributed by atoms with Crippen molar-refractivity contribution in [3.05, 3.63) is 35.9 Å². The second-order valence-corrected chi connectivity index (χ2v) is 5.98. The van der Waals surface area contributed by atoms with E-state index in [9.17, 15) is 14.7 Å². The Morgan fingerprint density at radius 3 is 2.48 bits per heavy atom. The summed E-state index contributed by atoms with van der Waals surface area (Å²) in [6.45, 7) is 1.66. The molecule has 3 rings (SSSR count). The first-order chi connectivity index (χ1) is 10.1. The molecular formula is C16H19NO4. The summed E-state index contributed by atoms with van der Waals surface area (Å²) in [7, 11) is 0. The first kappa shape index (κ1) is 14.1. The fourth-order valence-corrected chi connectivity index (χ4v) is 3.50. The number of ether oxygens (including phenoxy) is 1. The highest BCUT2D eigenvalue weighted by molar-refractivity contribution is 6.04. The van der Waals surface area contributed by atoms with Gasteiger partial charge in [-0.3, -0.25) is 9.59 Å². The lowest BCUT2D eigenvalue weighted by Gasteiger charge is -2.26. The topological polar surface area (TPSA) is 75.6 Å². The van der Waals surface area contributed by atoms with E-state index in [0.717, 1.165) is 31.5 Å². The van der Waals surface area contributed by atoms with Crippen molar-refractivity contribution in [3.8, 4) is 0 Å². The number of aliphatic carboxylic acids is 1. The number of piperidine rings is 1. The number of carbonyl (C=O) groups excluding carboxylic acids is 1. The van der Waals surface area contributed by atoms with Crippen LogP contribution >= 0.6 is 0 Å². The third-order valence-corrected chi connectivity index (χ3v) is 4.87. The fourth-order valence-electron chi connectivity index (χ4n) is 3.50. The van der Waals surface area contributed by atoms with Gasteiger partial charge >= 0.3 is 11.9 Å². The Kier molecular flexibility index (Phi) is 3.45. The number of carboxylic acid groups (broad SMARTS) is 1. The summed E-state index contributed by atoms with van der Waals surface area (Å²) < 4.78 is 5.30. The van der Waals surface area contributed by atoms with Gasteiger partial charge in [0.05, 0.1) is 0 Å². The maximum Gasteiger partial charge on any atom is 0.324 e.